The molecule has 1 aliphatic rings. The van der Waals surface area contributed by atoms with Crippen molar-refractivity contribution in [3.8, 4) is 0 Å². The van der Waals surface area contributed by atoms with Crippen LogP contribution in [0.5, 0.6) is 0 Å². The summed E-state index contributed by atoms with van der Waals surface area (Å²) in [6.45, 7) is 4.55. The van der Waals surface area contributed by atoms with E-state index in [1.54, 1.807) is 0 Å². The molecule has 0 fully saturated rings. The quantitative estimate of drug-likeness (QED) is 0.938. The summed E-state index contributed by atoms with van der Waals surface area (Å²) < 4.78 is 0. The molecule has 1 amide bonds. The van der Waals surface area contributed by atoms with Crippen molar-refractivity contribution < 1.29 is 4.79 Å². The van der Waals surface area contributed by atoms with Gasteiger partial charge in [0.2, 0.25) is 5.91 Å². The zero-order valence-electron chi connectivity index (χ0n) is 13.1. The first-order valence-corrected chi connectivity index (χ1v) is 7.85. The van der Waals surface area contributed by atoms with E-state index in [0.29, 0.717) is 6.54 Å². The Bertz CT molecular complexity index is 653. The van der Waals surface area contributed by atoms with E-state index in [-0.39, 0.29) is 18.0 Å². The summed E-state index contributed by atoms with van der Waals surface area (Å²) in [5, 5.41) is 3.34. The van der Waals surface area contributed by atoms with Gasteiger partial charge in [-0.1, -0.05) is 48.5 Å². The van der Waals surface area contributed by atoms with Gasteiger partial charge in [0.05, 0.1) is 6.54 Å². The van der Waals surface area contributed by atoms with E-state index in [0.717, 1.165) is 12.1 Å². The average molecular weight is 294 g/mol. The van der Waals surface area contributed by atoms with Crippen molar-refractivity contribution in [1.82, 2.24) is 5.32 Å². The molecule has 0 aromatic heterocycles. The Morgan fingerprint density at radius 3 is 2.64 bits per heavy atom. The molecule has 0 aliphatic carbocycles. The Morgan fingerprint density at radius 2 is 1.86 bits per heavy atom. The van der Waals surface area contributed by atoms with Gasteiger partial charge in [0.25, 0.3) is 0 Å². The number of hydrogen-bond acceptors (Lipinski definition) is 2. The lowest BCUT2D eigenvalue weighted by molar-refractivity contribution is -0.118. The molecular weight excluding hydrogens is 272 g/mol. The van der Waals surface area contributed by atoms with Crippen LogP contribution in [0.3, 0.4) is 0 Å². The maximum Gasteiger partial charge on any atom is 0.241 e. The molecule has 2 aromatic rings. The molecule has 1 aliphatic heterocycles. The monoisotopic (exact) mass is 294 g/mol. The number of anilines is 1. The van der Waals surface area contributed by atoms with Crippen molar-refractivity contribution in [3.05, 3.63) is 65.7 Å². The molecule has 0 unspecified atom stereocenters. The second-order valence-corrected chi connectivity index (χ2v) is 5.96. The molecule has 3 nitrogen and oxygen atoms in total. The fourth-order valence-corrected chi connectivity index (χ4v) is 3.13. The summed E-state index contributed by atoms with van der Waals surface area (Å²) in [5.41, 5.74) is 3.53. The van der Waals surface area contributed by atoms with E-state index >= 15 is 0 Å². The number of carbonyl (C=O) groups excluding carboxylic acids is 1. The van der Waals surface area contributed by atoms with Crippen LogP contribution in [0.15, 0.2) is 54.6 Å². The van der Waals surface area contributed by atoms with Gasteiger partial charge in [0, 0.05) is 17.8 Å². The number of amides is 1. The van der Waals surface area contributed by atoms with E-state index in [1.165, 1.54) is 11.1 Å². The molecule has 22 heavy (non-hydrogen) atoms. The van der Waals surface area contributed by atoms with Crippen molar-refractivity contribution in [3.63, 3.8) is 0 Å². The van der Waals surface area contributed by atoms with Gasteiger partial charge in [-0.05, 0) is 37.5 Å². The third-order valence-corrected chi connectivity index (χ3v) is 4.33. The lowest BCUT2D eigenvalue weighted by Gasteiger charge is -2.24. The van der Waals surface area contributed by atoms with Crippen molar-refractivity contribution in [2.75, 3.05) is 11.4 Å². The van der Waals surface area contributed by atoms with E-state index < -0.39 is 0 Å². The van der Waals surface area contributed by atoms with Gasteiger partial charge in [-0.2, -0.15) is 0 Å². The van der Waals surface area contributed by atoms with Crippen LogP contribution in [0.2, 0.25) is 0 Å². The lowest BCUT2D eigenvalue weighted by Crippen LogP contribution is -2.42. The zero-order chi connectivity index (χ0) is 15.5. The number of para-hydroxylation sites is 1. The Morgan fingerprint density at radius 1 is 1.18 bits per heavy atom. The SMILES string of the molecule is C[C@H](NCC(=O)N1c2ccccc2C[C@H]1C)c1ccccc1. The summed E-state index contributed by atoms with van der Waals surface area (Å²) in [4.78, 5) is 14.5. The standard InChI is InChI=1S/C19H22N2O/c1-14-12-17-10-6-7-11-18(17)21(14)19(22)13-20-15(2)16-8-4-3-5-9-16/h3-11,14-15,20H,12-13H2,1-2H3/t14-,15+/m1/s1. The van der Waals surface area contributed by atoms with Crippen molar-refractivity contribution in [1.29, 1.82) is 0 Å². The maximum atomic E-state index is 12.6. The Kier molecular flexibility index (Phi) is 4.25. The first-order chi connectivity index (χ1) is 10.7. The van der Waals surface area contributed by atoms with Crippen molar-refractivity contribution >= 4 is 11.6 Å². The van der Waals surface area contributed by atoms with Gasteiger partial charge in [-0.25, -0.2) is 0 Å². The van der Waals surface area contributed by atoms with Gasteiger partial charge in [-0.3, -0.25) is 4.79 Å². The molecule has 0 saturated heterocycles. The van der Waals surface area contributed by atoms with E-state index in [4.69, 9.17) is 0 Å². The zero-order valence-corrected chi connectivity index (χ0v) is 13.1. The number of carbonyl (C=O) groups is 1. The smallest absolute Gasteiger partial charge is 0.241 e. The number of nitrogens with one attached hydrogen (secondary N) is 1. The molecule has 2 atom stereocenters. The van der Waals surface area contributed by atoms with Crippen LogP contribution in [0, 0.1) is 0 Å². The number of benzene rings is 2. The molecule has 0 spiro atoms. The molecule has 114 valence electrons. The van der Waals surface area contributed by atoms with Gasteiger partial charge in [0.15, 0.2) is 0 Å². The maximum absolute atomic E-state index is 12.6. The van der Waals surface area contributed by atoms with Gasteiger partial charge < -0.3 is 10.2 Å². The highest BCUT2D eigenvalue weighted by Crippen LogP contribution is 2.31. The summed E-state index contributed by atoms with van der Waals surface area (Å²) in [6.07, 6.45) is 0.941. The molecule has 3 heteroatoms. The average Bonchev–Trinajstić information content (AvgIpc) is 2.89. The summed E-state index contributed by atoms with van der Waals surface area (Å²) in [5.74, 6) is 0.139. The second kappa shape index (κ2) is 6.32. The predicted octanol–water partition coefficient (Wildman–Crippen LogP) is 3.32. The number of fused-ring (bicyclic) bond motifs is 1. The summed E-state index contributed by atoms with van der Waals surface area (Å²) in [7, 11) is 0. The molecule has 1 N–H and O–H groups in total. The van der Waals surface area contributed by atoms with Crippen molar-refractivity contribution in [2.24, 2.45) is 0 Å². The number of rotatable bonds is 4. The molecule has 0 bridgehead atoms. The second-order valence-electron chi connectivity index (χ2n) is 5.96. The molecule has 0 saturated carbocycles. The first kappa shape index (κ1) is 14.8. The fourth-order valence-electron chi connectivity index (χ4n) is 3.13. The summed E-state index contributed by atoms with van der Waals surface area (Å²) >= 11 is 0. The summed E-state index contributed by atoms with van der Waals surface area (Å²) in [6, 6.07) is 18.8. The Hall–Kier alpha value is -2.13. The minimum atomic E-state index is 0.139. The minimum Gasteiger partial charge on any atom is -0.308 e. The minimum absolute atomic E-state index is 0.139. The normalized spacial score (nSPS) is 18.1. The molecule has 0 radical (unpaired) electrons. The van der Waals surface area contributed by atoms with E-state index in [1.807, 2.05) is 41.3 Å². The van der Waals surface area contributed by atoms with E-state index in [9.17, 15) is 4.79 Å². The topological polar surface area (TPSA) is 32.3 Å². The third kappa shape index (κ3) is 2.90. The van der Waals surface area contributed by atoms with Crippen LogP contribution in [0.25, 0.3) is 0 Å². The molecule has 2 aromatic carbocycles. The highest BCUT2D eigenvalue weighted by atomic mass is 16.2. The van der Waals surface area contributed by atoms with Crippen LogP contribution < -0.4 is 10.2 Å². The van der Waals surface area contributed by atoms with Crippen LogP contribution in [-0.4, -0.2) is 18.5 Å². The largest absolute Gasteiger partial charge is 0.308 e. The Balaban J connectivity index is 1.65. The van der Waals surface area contributed by atoms with Gasteiger partial charge in [0.1, 0.15) is 0 Å². The highest BCUT2D eigenvalue weighted by molar-refractivity contribution is 5.97. The Labute approximate surface area is 132 Å². The number of nitrogens with zero attached hydrogens (tertiary/aromatic N) is 1. The molecular formula is C19H22N2O. The molecule has 1 heterocycles. The van der Waals surface area contributed by atoms with Crippen LogP contribution >= 0.6 is 0 Å². The van der Waals surface area contributed by atoms with Crippen LogP contribution in [0.1, 0.15) is 31.0 Å². The fraction of sp³-hybridized carbons (Fsp3) is 0.316. The predicted molar refractivity (Wildman–Crippen MR) is 90.0 cm³/mol. The van der Waals surface area contributed by atoms with Gasteiger partial charge in [-0.15, -0.1) is 0 Å². The highest BCUT2D eigenvalue weighted by Gasteiger charge is 2.30. The van der Waals surface area contributed by atoms with Crippen LogP contribution in [-0.2, 0) is 11.2 Å². The molecule has 3 rings (SSSR count). The number of hydrogen-bond donors (Lipinski definition) is 1. The van der Waals surface area contributed by atoms with Gasteiger partial charge >= 0.3 is 0 Å². The van der Waals surface area contributed by atoms with Crippen molar-refractivity contribution in [2.45, 2.75) is 32.4 Å². The lowest BCUT2D eigenvalue weighted by atomic mass is 10.1. The first-order valence-electron chi connectivity index (χ1n) is 7.85. The third-order valence-electron chi connectivity index (χ3n) is 4.33. The van der Waals surface area contributed by atoms with E-state index in [2.05, 4.69) is 37.4 Å². The van der Waals surface area contributed by atoms with Crippen LogP contribution in [0.4, 0.5) is 5.69 Å².